The van der Waals surface area contributed by atoms with Crippen molar-refractivity contribution in [2.24, 2.45) is 0 Å². The molecule has 0 aliphatic heterocycles. The van der Waals surface area contributed by atoms with Crippen LogP contribution in [0.5, 0.6) is 0 Å². The maximum Gasteiger partial charge on any atom is 0.164 e. The number of hydrogen-bond acceptors (Lipinski definition) is 2. The molecule has 1 heterocycles. The second-order valence-electron chi connectivity index (χ2n) is 3.22. The lowest BCUT2D eigenvalue weighted by Crippen LogP contribution is -2.01. The quantitative estimate of drug-likeness (QED) is 0.662. The van der Waals surface area contributed by atoms with Crippen LogP contribution in [0.3, 0.4) is 0 Å². The van der Waals surface area contributed by atoms with Crippen LogP contribution < -0.4 is 0 Å². The Hall–Kier alpha value is -1.18. The molecule has 0 unspecified atom stereocenters. The monoisotopic (exact) mass is 177 g/mol. The van der Waals surface area contributed by atoms with Gasteiger partial charge < -0.3 is 0 Å². The van der Waals surface area contributed by atoms with Crippen molar-refractivity contribution in [2.45, 2.75) is 33.1 Å². The predicted molar refractivity (Wildman–Crippen MR) is 52.8 cm³/mol. The molecule has 2 nitrogen and oxygen atoms in total. The number of unbranched alkanes of at least 4 members (excludes halogenated alkanes) is 1. The molecule has 0 saturated carbocycles. The Kier molecular flexibility index (Phi) is 3.62. The van der Waals surface area contributed by atoms with E-state index in [0.717, 1.165) is 24.0 Å². The second kappa shape index (κ2) is 4.75. The van der Waals surface area contributed by atoms with Crippen molar-refractivity contribution in [1.29, 1.82) is 0 Å². The third-order valence-corrected chi connectivity index (χ3v) is 2.10. The molecule has 1 rings (SSSR count). The van der Waals surface area contributed by atoms with E-state index in [-0.39, 0.29) is 5.78 Å². The van der Waals surface area contributed by atoms with Crippen LogP contribution in [0.4, 0.5) is 0 Å². The molecule has 1 aromatic heterocycles. The van der Waals surface area contributed by atoms with Crippen molar-refractivity contribution >= 4 is 5.78 Å². The van der Waals surface area contributed by atoms with Gasteiger partial charge in [-0.2, -0.15) is 0 Å². The van der Waals surface area contributed by atoms with Crippen molar-refractivity contribution in [3.8, 4) is 0 Å². The molecule has 0 aliphatic rings. The van der Waals surface area contributed by atoms with Crippen LogP contribution in [-0.2, 0) is 0 Å². The summed E-state index contributed by atoms with van der Waals surface area (Å²) in [5, 5.41) is 0. The average molecular weight is 177 g/mol. The molecule has 0 aliphatic carbocycles. The van der Waals surface area contributed by atoms with Gasteiger partial charge in [0.1, 0.15) is 0 Å². The highest BCUT2D eigenvalue weighted by atomic mass is 16.1. The number of aromatic nitrogens is 1. The number of aryl methyl sites for hydroxylation is 1. The fraction of sp³-hybridized carbons (Fsp3) is 0.455. The molecule has 0 fully saturated rings. The first-order valence-electron chi connectivity index (χ1n) is 4.69. The van der Waals surface area contributed by atoms with Crippen molar-refractivity contribution in [3.05, 3.63) is 29.6 Å². The standard InChI is InChI=1S/C11H15NO/c1-3-4-5-11(13)10-8-12-7-6-9(10)2/h6-8H,3-5H2,1-2H3. The highest BCUT2D eigenvalue weighted by molar-refractivity contribution is 5.96. The lowest BCUT2D eigenvalue weighted by Gasteiger charge is -2.02. The van der Waals surface area contributed by atoms with Gasteiger partial charge in [-0.3, -0.25) is 9.78 Å². The first-order valence-corrected chi connectivity index (χ1v) is 4.69. The summed E-state index contributed by atoms with van der Waals surface area (Å²) in [6.45, 7) is 4.03. The summed E-state index contributed by atoms with van der Waals surface area (Å²) in [6, 6.07) is 1.87. The zero-order valence-electron chi connectivity index (χ0n) is 8.21. The van der Waals surface area contributed by atoms with Crippen LogP contribution in [0.25, 0.3) is 0 Å². The summed E-state index contributed by atoms with van der Waals surface area (Å²) in [5.41, 5.74) is 1.80. The highest BCUT2D eigenvalue weighted by Gasteiger charge is 2.07. The Balaban J connectivity index is 2.71. The Morgan fingerprint density at radius 2 is 2.31 bits per heavy atom. The zero-order valence-corrected chi connectivity index (χ0v) is 8.21. The van der Waals surface area contributed by atoms with Gasteiger partial charge >= 0.3 is 0 Å². The first kappa shape index (κ1) is 9.90. The predicted octanol–water partition coefficient (Wildman–Crippen LogP) is 2.76. The number of pyridine rings is 1. The Bertz CT molecular complexity index is 294. The Morgan fingerprint density at radius 3 is 2.92 bits per heavy atom. The van der Waals surface area contributed by atoms with Crippen LogP contribution in [0, 0.1) is 6.92 Å². The van der Waals surface area contributed by atoms with Crippen LogP contribution in [-0.4, -0.2) is 10.8 Å². The molecule has 70 valence electrons. The molecule has 0 atom stereocenters. The van der Waals surface area contributed by atoms with Gasteiger partial charge in [0.25, 0.3) is 0 Å². The van der Waals surface area contributed by atoms with Gasteiger partial charge in [-0.15, -0.1) is 0 Å². The number of nitrogens with zero attached hydrogens (tertiary/aromatic N) is 1. The summed E-state index contributed by atoms with van der Waals surface area (Å²) in [5.74, 6) is 0.215. The summed E-state index contributed by atoms with van der Waals surface area (Å²) in [6.07, 6.45) is 6.04. The third kappa shape index (κ3) is 2.65. The van der Waals surface area contributed by atoms with E-state index in [1.54, 1.807) is 12.4 Å². The summed E-state index contributed by atoms with van der Waals surface area (Å²) in [7, 11) is 0. The van der Waals surface area contributed by atoms with Gasteiger partial charge in [0.05, 0.1) is 0 Å². The minimum absolute atomic E-state index is 0.215. The molecule has 0 spiro atoms. The van der Waals surface area contributed by atoms with Gasteiger partial charge in [-0.25, -0.2) is 0 Å². The van der Waals surface area contributed by atoms with Gasteiger partial charge in [-0.1, -0.05) is 13.3 Å². The summed E-state index contributed by atoms with van der Waals surface area (Å²) in [4.78, 5) is 15.5. The third-order valence-electron chi connectivity index (χ3n) is 2.10. The van der Waals surface area contributed by atoms with Crippen LogP contribution in [0.1, 0.15) is 42.1 Å². The van der Waals surface area contributed by atoms with Gasteiger partial charge in [0.2, 0.25) is 0 Å². The zero-order chi connectivity index (χ0) is 9.68. The molecule has 2 heteroatoms. The Labute approximate surface area is 79.0 Å². The number of Topliss-reactive ketones (excluding diaryl/α,β-unsaturated/α-hetero) is 1. The Morgan fingerprint density at radius 1 is 1.54 bits per heavy atom. The summed E-state index contributed by atoms with van der Waals surface area (Å²) < 4.78 is 0. The molecule has 0 amide bonds. The lowest BCUT2D eigenvalue weighted by molar-refractivity contribution is 0.0979. The van der Waals surface area contributed by atoms with Crippen molar-refractivity contribution < 1.29 is 4.79 Å². The van der Waals surface area contributed by atoms with Crippen molar-refractivity contribution in [3.63, 3.8) is 0 Å². The van der Waals surface area contributed by atoms with Crippen LogP contribution >= 0.6 is 0 Å². The molecular weight excluding hydrogens is 162 g/mol. The molecule has 13 heavy (non-hydrogen) atoms. The minimum atomic E-state index is 0.215. The van der Waals surface area contributed by atoms with E-state index >= 15 is 0 Å². The number of carbonyl (C=O) groups is 1. The molecule has 0 aromatic carbocycles. The molecule has 0 bridgehead atoms. The van der Waals surface area contributed by atoms with E-state index in [2.05, 4.69) is 11.9 Å². The normalized spacial score (nSPS) is 10.0. The number of ketones is 1. The fourth-order valence-electron chi connectivity index (χ4n) is 1.23. The van der Waals surface area contributed by atoms with Crippen molar-refractivity contribution in [2.75, 3.05) is 0 Å². The van der Waals surface area contributed by atoms with Gasteiger partial charge in [0.15, 0.2) is 5.78 Å². The first-order chi connectivity index (χ1) is 6.25. The van der Waals surface area contributed by atoms with E-state index < -0.39 is 0 Å². The lowest BCUT2D eigenvalue weighted by atomic mass is 10.0. The van der Waals surface area contributed by atoms with Gasteiger partial charge in [0, 0.05) is 24.4 Å². The average Bonchev–Trinajstić information content (AvgIpc) is 2.15. The largest absolute Gasteiger partial charge is 0.294 e. The van der Waals surface area contributed by atoms with E-state index in [4.69, 9.17) is 0 Å². The fourth-order valence-corrected chi connectivity index (χ4v) is 1.23. The van der Waals surface area contributed by atoms with E-state index in [1.165, 1.54) is 0 Å². The van der Waals surface area contributed by atoms with E-state index in [9.17, 15) is 4.79 Å². The van der Waals surface area contributed by atoms with E-state index in [1.807, 2.05) is 13.0 Å². The molecule has 0 N–H and O–H groups in total. The maximum absolute atomic E-state index is 11.6. The van der Waals surface area contributed by atoms with Gasteiger partial charge in [-0.05, 0) is 25.0 Å². The molecule has 0 radical (unpaired) electrons. The maximum atomic E-state index is 11.6. The highest BCUT2D eigenvalue weighted by Crippen LogP contribution is 2.09. The SMILES string of the molecule is CCCCC(=O)c1cnccc1C. The molecular formula is C11H15NO. The number of hydrogen-bond donors (Lipinski definition) is 0. The topological polar surface area (TPSA) is 30.0 Å². The molecule has 0 saturated heterocycles. The molecule has 1 aromatic rings. The smallest absolute Gasteiger partial charge is 0.164 e. The minimum Gasteiger partial charge on any atom is -0.294 e. The summed E-state index contributed by atoms with van der Waals surface area (Å²) >= 11 is 0. The van der Waals surface area contributed by atoms with Crippen molar-refractivity contribution in [1.82, 2.24) is 4.98 Å². The van der Waals surface area contributed by atoms with Crippen LogP contribution in [0.15, 0.2) is 18.5 Å². The number of carbonyl (C=O) groups excluding carboxylic acids is 1. The van der Waals surface area contributed by atoms with E-state index in [0.29, 0.717) is 6.42 Å². The number of rotatable bonds is 4. The second-order valence-corrected chi connectivity index (χ2v) is 3.22. The van der Waals surface area contributed by atoms with Crippen LogP contribution in [0.2, 0.25) is 0 Å².